The number of rotatable bonds is 8. The number of hydrogen-bond donors (Lipinski definition) is 4. The fourth-order valence-corrected chi connectivity index (χ4v) is 7.33. The van der Waals surface area contributed by atoms with Crippen molar-refractivity contribution >= 4 is 45.0 Å². The summed E-state index contributed by atoms with van der Waals surface area (Å²) in [6.07, 6.45) is 2.69. The second-order valence-electron chi connectivity index (χ2n) is 12.6. The molecule has 1 aromatic carbocycles. The first-order chi connectivity index (χ1) is 22.5. The monoisotopic (exact) mass is 669 g/mol. The number of pyridine rings is 2. The van der Waals surface area contributed by atoms with Crippen LogP contribution in [0.3, 0.4) is 0 Å². The fourth-order valence-electron chi connectivity index (χ4n) is 6.96. The quantitative estimate of drug-likeness (QED) is 0.158. The molecule has 2 saturated heterocycles. The average Bonchev–Trinajstić information content (AvgIpc) is 3.51. The Hall–Kier alpha value is -4.50. The van der Waals surface area contributed by atoms with E-state index >= 15 is 8.78 Å². The Morgan fingerprint density at radius 3 is 2.77 bits per heavy atom. The molecule has 0 spiro atoms. The van der Waals surface area contributed by atoms with Crippen molar-refractivity contribution in [2.45, 2.75) is 56.0 Å². The number of nitrogens with zero attached hydrogens (tertiary/aromatic N) is 5. The van der Waals surface area contributed by atoms with Gasteiger partial charge in [0.15, 0.2) is 5.82 Å². The number of aromatic amines is 2. The van der Waals surface area contributed by atoms with Crippen LogP contribution >= 0.6 is 11.6 Å². The van der Waals surface area contributed by atoms with Gasteiger partial charge in [0.25, 0.3) is 5.56 Å². The van der Waals surface area contributed by atoms with Crippen LogP contribution in [0.2, 0.25) is 5.02 Å². The molecule has 4 aromatic heterocycles. The zero-order valence-corrected chi connectivity index (χ0v) is 25.7. The molecule has 47 heavy (non-hydrogen) atoms. The van der Waals surface area contributed by atoms with Crippen LogP contribution in [0.1, 0.15) is 49.8 Å². The van der Waals surface area contributed by atoms with Crippen molar-refractivity contribution in [2.75, 3.05) is 30.7 Å². The second-order valence-corrected chi connectivity index (χ2v) is 13.0. The lowest BCUT2D eigenvalue weighted by atomic mass is 9.86. The van der Waals surface area contributed by atoms with Crippen molar-refractivity contribution in [3.63, 3.8) is 0 Å². The number of nitrogens with two attached hydrogens (primary N) is 1. The summed E-state index contributed by atoms with van der Waals surface area (Å²) in [6, 6.07) is 1.65. The van der Waals surface area contributed by atoms with E-state index in [1.54, 1.807) is 6.92 Å². The predicted molar refractivity (Wildman–Crippen MR) is 167 cm³/mol. The van der Waals surface area contributed by atoms with Gasteiger partial charge in [0.1, 0.15) is 46.8 Å². The highest BCUT2D eigenvalue weighted by molar-refractivity contribution is 6.33. The van der Waals surface area contributed by atoms with E-state index in [2.05, 4.69) is 35.5 Å². The number of halogens is 5. The first kappa shape index (κ1) is 29.9. The number of fused-ring (bicyclic) bond motifs is 3. The SMILES string of the molecule is C[C@@H](Nc1nc(OC[C@@]23CCN2C[C@H](F)C3)nc2c(F)c(-c3c(C4(F)CC4)c(Cl)cc4[nH]ncc34)[nH]c(=O)c12)c1cc(F)cnc1N. The summed E-state index contributed by atoms with van der Waals surface area (Å²) in [4.78, 5) is 31.0. The lowest BCUT2D eigenvalue weighted by Gasteiger charge is -2.47. The van der Waals surface area contributed by atoms with Crippen LogP contribution in [-0.2, 0) is 5.67 Å². The standard InChI is InChI=1S/C31H28ClF4N9O2/c1-13(16-6-14(33)9-38-26(16)37)40-27-21-25(42-29(43-27)47-12-30-4-5-45(30)11-15(34)8-30)23(35)24(41-28(21)46)20-17-10-39-44-19(17)7-18(32)22(20)31(36)2-3-31/h6-7,9-10,13,15H,2-5,8,11-12H2,1H3,(H2,37,38)(H,39,44)(H,41,46)(H,40,42,43)/t13-,15-,30+/m1/s1. The highest BCUT2D eigenvalue weighted by Gasteiger charge is 2.53. The highest BCUT2D eigenvalue weighted by atomic mass is 35.5. The maximum Gasteiger partial charge on any atom is 0.319 e. The average molecular weight is 670 g/mol. The Labute approximate surface area is 268 Å². The van der Waals surface area contributed by atoms with Gasteiger partial charge in [-0.1, -0.05) is 11.6 Å². The van der Waals surface area contributed by atoms with Gasteiger partial charge < -0.3 is 20.8 Å². The number of nitrogens with one attached hydrogen (secondary N) is 3. The van der Waals surface area contributed by atoms with Crippen molar-refractivity contribution in [1.29, 1.82) is 0 Å². The van der Waals surface area contributed by atoms with Crippen LogP contribution in [0.25, 0.3) is 33.1 Å². The van der Waals surface area contributed by atoms with Gasteiger partial charge in [0, 0.05) is 46.6 Å². The number of H-pyrrole nitrogens is 2. The van der Waals surface area contributed by atoms with Gasteiger partial charge in [0.2, 0.25) is 0 Å². The third-order valence-corrected chi connectivity index (χ3v) is 9.91. The van der Waals surface area contributed by atoms with Gasteiger partial charge in [-0.2, -0.15) is 15.1 Å². The summed E-state index contributed by atoms with van der Waals surface area (Å²) in [5, 5.41) is 9.93. The summed E-state index contributed by atoms with van der Waals surface area (Å²) >= 11 is 6.55. The molecular formula is C31H28ClF4N9O2. The lowest BCUT2D eigenvalue weighted by Crippen LogP contribution is -2.59. The molecular weight excluding hydrogens is 642 g/mol. The zero-order chi connectivity index (χ0) is 32.8. The number of ether oxygens (including phenoxy) is 1. The first-order valence-electron chi connectivity index (χ1n) is 15.1. The van der Waals surface area contributed by atoms with E-state index in [-0.39, 0.29) is 76.3 Å². The van der Waals surface area contributed by atoms with Gasteiger partial charge in [-0.25, -0.2) is 22.5 Å². The molecule has 0 unspecified atom stereocenters. The Morgan fingerprint density at radius 1 is 1.23 bits per heavy atom. The second kappa shape index (κ2) is 10.5. The normalized spacial score (nSPS) is 22.3. The number of alkyl halides is 2. The minimum atomic E-state index is -1.82. The van der Waals surface area contributed by atoms with E-state index in [1.807, 2.05) is 4.90 Å². The molecule has 5 aromatic rings. The Morgan fingerprint density at radius 2 is 2.04 bits per heavy atom. The Kier molecular flexibility index (Phi) is 6.68. The summed E-state index contributed by atoms with van der Waals surface area (Å²) in [5.74, 6) is -1.72. The van der Waals surface area contributed by atoms with Crippen molar-refractivity contribution in [2.24, 2.45) is 0 Å². The molecule has 1 aliphatic carbocycles. The molecule has 3 fully saturated rings. The van der Waals surface area contributed by atoms with E-state index in [9.17, 15) is 13.6 Å². The molecule has 0 amide bonds. The minimum Gasteiger partial charge on any atom is -0.461 e. The number of benzene rings is 1. The van der Waals surface area contributed by atoms with Gasteiger partial charge in [-0.15, -0.1) is 0 Å². The molecule has 5 N–H and O–H groups in total. The molecule has 244 valence electrons. The molecule has 11 nitrogen and oxygen atoms in total. The van der Waals surface area contributed by atoms with Crippen LogP contribution in [0.5, 0.6) is 6.01 Å². The van der Waals surface area contributed by atoms with Crippen molar-refractivity contribution in [3.05, 3.63) is 62.7 Å². The van der Waals surface area contributed by atoms with Crippen LogP contribution in [0.15, 0.2) is 29.3 Å². The van der Waals surface area contributed by atoms with Crippen molar-refractivity contribution in [3.8, 4) is 17.3 Å². The van der Waals surface area contributed by atoms with Gasteiger partial charge in [-0.05, 0) is 38.3 Å². The zero-order valence-electron chi connectivity index (χ0n) is 24.9. The third-order valence-electron chi connectivity index (χ3n) is 9.61. The smallest absolute Gasteiger partial charge is 0.319 e. The van der Waals surface area contributed by atoms with Crippen molar-refractivity contribution in [1.82, 2.24) is 35.0 Å². The maximum absolute atomic E-state index is 16.9. The number of nitrogen functional groups attached to an aromatic ring is 1. The molecule has 16 heteroatoms. The summed E-state index contributed by atoms with van der Waals surface area (Å²) in [6.45, 7) is 2.69. The van der Waals surface area contributed by atoms with E-state index < -0.39 is 46.1 Å². The van der Waals surface area contributed by atoms with E-state index in [1.165, 1.54) is 18.3 Å². The van der Waals surface area contributed by atoms with Crippen LogP contribution in [-0.4, -0.2) is 66.4 Å². The highest BCUT2D eigenvalue weighted by Crippen LogP contribution is 2.56. The summed E-state index contributed by atoms with van der Waals surface area (Å²) in [5.41, 5.74) is 2.85. The number of anilines is 2. The molecule has 3 atom stereocenters. The number of hydrogen-bond acceptors (Lipinski definition) is 9. The minimum absolute atomic E-state index is 0.0325. The molecule has 8 rings (SSSR count). The third kappa shape index (κ3) is 4.77. The lowest BCUT2D eigenvalue weighted by molar-refractivity contribution is -0.0132. The largest absolute Gasteiger partial charge is 0.461 e. The first-order valence-corrected chi connectivity index (χ1v) is 15.5. The van der Waals surface area contributed by atoms with E-state index in [0.717, 1.165) is 12.7 Å². The molecule has 1 saturated carbocycles. The fraction of sp³-hybridized carbons (Fsp3) is 0.387. The topological polar surface area (TPSA) is 151 Å². The van der Waals surface area contributed by atoms with Crippen LogP contribution in [0, 0.1) is 11.6 Å². The van der Waals surface area contributed by atoms with Gasteiger partial charge >= 0.3 is 6.01 Å². The predicted octanol–water partition coefficient (Wildman–Crippen LogP) is 5.47. The van der Waals surface area contributed by atoms with E-state index in [0.29, 0.717) is 23.9 Å². The molecule has 2 aliphatic heterocycles. The van der Waals surface area contributed by atoms with Crippen molar-refractivity contribution < 1.29 is 22.3 Å². The molecule has 0 radical (unpaired) electrons. The van der Waals surface area contributed by atoms with Crippen LogP contribution < -0.4 is 21.3 Å². The Balaban J connectivity index is 1.30. The van der Waals surface area contributed by atoms with Crippen LogP contribution in [0.4, 0.5) is 29.2 Å². The summed E-state index contributed by atoms with van der Waals surface area (Å²) < 4.78 is 67.1. The molecule has 0 bridgehead atoms. The maximum atomic E-state index is 16.9. The summed E-state index contributed by atoms with van der Waals surface area (Å²) in [7, 11) is 0. The number of aromatic nitrogens is 6. The van der Waals surface area contributed by atoms with E-state index in [4.69, 9.17) is 22.1 Å². The Bertz CT molecular complexity index is 2160. The molecule has 6 heterocycles. The van der Waals surface area contributed by atoms with Gasteiger partial charge in [-0.3, -0.25) is 14.8 Å². The molecule has 3 aliphatic rings. The van der Waals surface area contributed by atoms with Gasteiger partial charge in [0.05, 0.1) is 35.2 Å².